The zero-order valence-corrected chi connectivity index (χ0v) is 17.8. The number of methoxy groups -OCH3 is 2. The summed E-state index contributed by atoms with van der Waals surface area (Å²) in [6, 6.07) is 12.1. The molecule has 0 saturated heterocycles. The fourth-order valence-electron chi connectivity index (χ4n) is 3.24. The Kier molecular flexibility index (Phi) is 5.93. The quantitative estimate of drug-likeness (QED) is 0.310. The van der Waals surface area contributed by atoms with E-state index in [1.807, 2.05) is 12.1 Å². The average molecular weight is 435 g/mol. The van der Waals surface area contributed by atoms with Crippen molar-refractivity contribution < 1.29 is 33.1 Å². The monoisotopic (exact) mass is 435 g/mol. The molecule has 3 aromatic rings. The van der Waals surface area contributed by atoms with E-state index in [1.165, 1.54) is 7.11 Å². The standard InChI is InChI=1S/C24H21NO7/c1-14-19(30-22(26)11-8-17-13-21(29-3)25-32-17)10-9-18-23(27)20(31-24(14)18)12-15-4-6-16(28-2)7-5-15/h4-7,9-10,12-13H,8,11H2,1-3H3/b20-12-. The molecule has 1 aliphatic rings. The lowest BCUT2D eigenvalue weighted by Gasteiger charge is -2.09. The maximum Gasteiger partial charge on any atom is 0.311 e. The Morgan fingerprint density at radius 3 is 2.56 bits per heavy atom. The van der Waals surface area contributed by atoms with Crippen molar-refractivity contribution in [2.24, 2.45) is 0 Å². The van der Waals surface area contributed by atoms with Gasteiger partial charge in [0.1, 0.15) is 23.0 Å². The molecule has 8 heteroatoms. The number of aryl methyl sites for hydroxylation is 1. The van der Waals surface area contributed by atoms with Gasteiger partial charge in [0.25, 0.3) is 5.88 Å². The number of ether oxygens (including phenoxy) is 4. The summed E-state index contributed by atoms with van der Waals surface area (Å²) in [5.41, 5.74) is 1.80. The predicted molar refractivity (Wildman–Crippen MR) is 114 cm³/mol. The number of Topliss-reactive ketones (excluding diaryl/α,β-unsaturated/α-hetero) is 1. The summed E-state index contributed by atoms with van der Waals surface area (Å²) in [7, 11) is 3.07. The first-order valence-electron chi connectivity index (χ1n) is 9.90. The Labute approximate surface area is 184 Å². The molecule has 0 bridgehead atoms. The topological polar surface area (TPSA) is 97.1 Å². The van der Waals surface area contributed by atoms with E-state index >= 15 is 0 Å². The van der Waals surface area contributed by atoms with E-state index < -0.39 is 5.97 Å². The van der Waals surface area contributed by atoms with Crippen molar-refractivity contribution in [1.82, 2.24) is 5.16 Å². The van der Waals surface area contributed by atoms with Gasteiger partial charge in [0.15, 0.2) is 5.76 Å². The van der Waals surface area contributed by atoms with Gasteiger partial charge in [-0.15, -0.1) is 0 Å². The number of esters is 1. The molecular formula is C24H21NO7. The molecule has 2 aromatic carbocycles. The molecule has 0 fully saturated rings. The number of carbonyl (C=O) groups excluding carboxylic acids is 2. The SMILES string of the molecule is COc1ccc(/C=C2\Oc3c(ccc(OC(=O)CCc4cc(OC)no4)c3C)C2=O)cc1. The third kappa shape index (κ3) is 4.34. The number of hydrogen-bond donors (Lipinski definition) is 0. The first-order valence-corrected chi connectivity index (χ1v) is 9.90. The largest absolute Gasteiger partial charge is 0.497 e. The van der Waals surface area contributed by atoms with Gasteiger partial charge in [-0.2, -0.15) is 0 Å². The molecular weight excluding hydrogens is 414 g/mol. The number of hydrogen-bond acceptors (Lipinski definition) is 8. The molecule has 0 amide bonds. The lowest BCUT2D eigenvalue weighted by atomic mass is 10.1. The van der Waals surface area contributed by atoms with Crippen molar-refractivity contribution in [3.8, 4) is 23.1 Å². The number of nitrogens with zero attached hydrogens (tertiary/aromatic N) is 1. The van der Waals surface area contributed by atoms with Crippen LogP contribution in [0.1, 0.15) is 33.7 Å². The smallest absolute Gasteiger partial charge is 0.311 e. The molecule has 164 valence electrons. The molecule has 0 radical (unpaired) electrons. The van der Waals surface area contributed by atoms with Crippen LogP contribution in [-0.2, 0) is 11.2 Å². The molecule has 0 saturated carbocycles. The van der Waals surface area contributed by atoms with E-state index in [9.17, 15) is 9.59 Å². The van der Waals surface area contributed by atoms with Crippen molar-refractivity contribution in [3.63, 3.8) is 0 Å². The molecule has 0 spiro atoms. The molecule has 0 N–H and O–H groups in total. The number of benzene rings is 2. The maximum absolute atomic E-state index is 12.7. The molecule has 4 rings (SSSR count). The summed E-state index contributed by atoms with van der Waals surface area (Å²) in [5.74, 6) is 1.85. The number of rotatable bonds is 7. The van der Waals surface area contributed by atoms with Crippen LogP contribution in [0.3, 0.4) is 0 Å². The van der Waals surface area contributed by atoms with Gasteiger partial charge in [-0.25, -0.2) is 0 Å². The van der Waals surface area contributed by atoms with Crippen LogP contribution in [0.2, 0.25) is 0 Å². The van der Waals surface area contributed by atoms with Gasteiger partial charge in [-0.1, -0.05) is 12.1 Å². The van der Waals surface area contributed by atoms with Gasteiger partial charge in [0.2, 0.25) is 5.78 Å². The van der Waals surface area contributed by atoms with Crippen molar-refractivity contribution in [2.75, 3.05) is 14.2 Å². The van der Waals surface area contributed by atoms with Gasteiger partial charge in [0, 0.05) is 18.1 Å². The Morgan fingerprint density at radius 1 is 1.09 bits per heavy atom. The van der Waals surface area contributed by atoms with E-state index in [-0.39, 0.29) is 18.0 Å². The molecule has 8 nitrogen and oxygen atoms in total. The third-order valence-electron chi connectivity index (χ3n) is 5.00. The van der Waals surface area contributed by atoms with Crippen LogP contribution in [0.4, 0.5) is 0 Å². The zero-order valence-electron chi connectivity index (χ0n) is 17.8. The summed E-state index contributed by atoms with van der Waals surface area (Å²) >= 11 is 0. The maximum atomic E-state index is 12.7. The predicted octanol–water partition coefficient (Wildman–Crippen LogP) is 4.15. The van der Waals surface area contributed by atoms with E-state index in [0.717, 1.165) is 11.3 Å². The number of carbonyl (C=O) groups is 2. The van der Waals surface area contributed by atoms with E-state index in [1.54, 1.807) is 50.4 Å². The Bertz CT molecular complexity index is 1190. The Hall–Kier alpha value is -4.07. The summed E-state index contributed by atoms with van der Waals surface area (Å²) < 4.78 is 26.5. The van der Waals surface area contributed by atoms with Crippen LogP contribution in [0.5, 0.6) is 23.1 Å². The van der Waals surface area contributed by atoms with Crippen LogP contribution in [0.25, 0.3) is 6.08 Å². The van der Waals surface area contributed by atoms with Crippen molar-refractivity contribution >= 4 is 17.8 Å². The number of fused-ring (bicyclic) bond motifs is 1. The number of allylic oxidation sites excluding steroid dienone is 1. The zero-order chi connectivity index (χ0) is 22.7. The fourth-order valence-corrected chi connectivity index (χ4v) is 3.24. The first-order chi connectivity index (χ1) is 15.5. The van der Waals surface area contributed by atoms with E-state index in [0.29, 0.717) is 40.7 Å². The van der Waals surface area contributed by atoms with E-state index in [2.05, 4.69) is 5.16 Å². The highest BCUT2D eigenvalue weighted by atomic mass is 16.5. The highest BCUT2D eigenvalue weighted by Crippen LogP contribution is 2.39. The van der Waals surface area contributed by atoms with Crippen molar-refractivity contribution in [3.05, 3.63) is 70.7 Å². The summed E-state index contributed by atoms with van der Waals surface area (Å²) in [6.07, 6.45) is 2.08. The second kappa shape index (κ2) is 8.97. The number of ketones is 1. The fraction of sp³-hybridized carbons (Fsp3) is 0.208. The van der Waals surface area contributed by atoms with Crippen molar-refractivity contribution in [1.29, 1.82) is 0 Å². The molecule has 0 unspecified atom stereocenters. The summed E-state index contributed by atoms with van der Waals surface area (Å²) in [4.78, 5) is 25.0. The van der Waals surface area contributed by atoms with Gasteiger partial charge < -0.3 is 23.5 Å². The highest BCUT2D eigenvalue weighted by Gasteiger charge is 2.30. The molecule has 2 heterocycles. The molecule has 1 aliphatic heterocycles. The van der Waals surface area contributed by atoms with Gasteiger partial charge in [0.05, 0.1) is 26.2 Å². The lowest BCUT2D eigenvalue weighted by molar-refractivity contribution is -0.134. The summed E-state index contributed by atoms with van der Waals surface area (Å²) in [5, 5.41) is 3.69. The molecule has 32 heavy (non-hydrogen) atoms. The normalized spacial score (nSPS) is 13.6. The minimum absolute atomic E-state index is 0.0945. The first kappa shape index (κ1) is 21.2. The van der Waals surface area contributed by atoms with Crippen LogP contribution in [0, 0.1) is 6.92 Å². The minimum Gasteiger partial charge on any atom is -0.497 e. The van der Waals surface area contributed by atoms with Gasteiger partial charge in [-0.3, -0.25) is 9.59 Å². The molecule has 0 atom stereocenters. The van der Waals surface area contributed by atoms with Crippen molar-refractivity contribution in [2.45, 2.75) is 19.8 Å². The van der Waals surface area contributed by atoms with Crippen LogP contribution in [0.15, 0.2) is 52.7 Å². The number of aromatic nitrogens is 1. The lowest BCUT2D eigenvalue weighted by Crippen LogP contribution is -2.10. The Balaban J connectivity index is 1.45. The highest BCUT2D eigenvalue weighted by molar-refractivity contribution is 6.15. The minimum atomic E-state index is -0.443. The van der Waals surface area contributed by atoms with Crippen LogP contribution in [-0.4, -0.2) is 31.1 Å². The summed E-state index contributed by atoms with van der Waals surface area (Å²) in [6.45, 7) is 1.74. The Morgan fingerprint density at radius 2 is 1.88 bits per heavy atom. The average Bonchev–Trinajstić information content (AvgIpc) is 3.40. The van der Waals surface area contributed by atoms with Crippen LogP contribution >= 0.6 is 0 Å². The third-order valence-corrected chi connectivity index (χ3v) is 5.00. The second-order valence-electron chi connectivity index (χ2n) is 7.09. The van der Waals surface area contributed by atoms with Gasteiger partial charge in [-0.05, 0) is 48.0 Å². The molecule has 0 aliphatic carbocycles. The van der Waals surface area contributed by atoms with Gasteiger partial charge >= 0.3 is 5.97 Å². The van der Waals surface area contributed by atoms with Crippen LogP contribution < -0.4 is 18.9 Å². The second-order valence-corrected chi connectivity index (χ2v) is 7.09. The van der Waals surface area contributed by atoms with E-state index in [4.69, 9.17) is 23.5 Å². The molecule has 1 aromatic heterocycles.